The fourth-order valence-corrected chi connectivity index (χ4v) is 3.29. The molecule has 14 heteroatoms. The van der Waals surface area contributed by atoms with E-state index in [2.05, 4.69) is 9.47 Å². The van der Waals surface area contributed by atoms with Gasteiger partial charge in [0.2, 0.25) is 5.91 Å². The van der Waals surface area contributed by atoms with Gasteiger partial charge >= 0.3 is 18.3 Å². The Hall–Kier alpha value is -3.03. The molecule has 2 heterocycles. The number of nitrogens with two attached hydrogens (primary N) is 1. The zero-order valence-electron chi connectivity index (χ0n) is 14.2. The summed E-state index contributed by atoms with van der Waals surface area (Å²) < 4.78 is 112. The second-order valence-electron chi connectivity index (χ2n) is 5.88. The molecule has 3 N–H and O–H groups in total. The molecule has 5 nitrogen and oxygen atoms in total. The van der Waals surface area contributed by atoms with Crippen LogP contribution in [0.4, 0.5) is 35.1 Å². The van der Waals surface area contributed by atoms with Gasteiger partial charge in [0.15, 0.2) is 0 Å². The maximum atomic E-state index is 14.3. The van der Waals surface area contributed by atoms with Gasteiger partial charge in [0.25, 0.3) is 0 Å². The lowest BCUT2D eigenvalue weighted by atomic mass is 9.87. The molecule has 0 atom stereocenters. The average Bonchev–Trinajstić information content (AvgIpc) is 3.30. The van der Waals surface area contributed by atoms with Crippen molar-refractivity contribution in [1.82, 2.24) is 14.6 Å². The summed E-state index contributed by atoms with van der Waals surface area (Å²) in [5.74, 6) is -6.85. The average molecular weight is 456 g/mol. The van der Waals surface area contributed by atoms with E-state index in [0.717, 1.165) is 17.6 Å². The van der Waals surface area contributed by atoms with Gasteiger partial charge in [-0.05, 0) is 23.7 Å². The van der Waals surface area contributed by atoms with Crippen LogP contribution in [0.5, 0.6) is 0 Å². The van der Waals surface area contributed by atoms with Crippen molar-refractivity contribution < 1.29 is 39.9 Å². The Morgan fingerprint density at radius 3 is 2.13 bits per heavy atom. The largest absolute Gasteiger partial charge is 0.458 e. The van der Waals surface area contributed by atoms with E-state index in [-0.39, 0.29) is 11.8 Å². The third-order valence-corrected chi connectivity index (χ3v) is 4.60. The van der Waals surface area contributed by atoms with Crippen LogP contribution < -0.4 is 5.73 Å². The first kappa shape index (κ1) is 21.7. The molecule has 2 aromatic heterocycles. The Labute approximate surface area is 165 Å². The Morgan fingerprint density at radius 1 is 0.967 bits per heavy atom. The number of alkyl halides is 8. The molecule has 0 spiro atoms. The molecule has 0 radical (unpaired) electrons. The van der Waals surface area contributed by atoms with E-state index in [9.17, 15) is 39.9 Å². The second kappa shape index (κ2) is 7.04. The SMILES string of the molecule is NC(=O)c1ccc(C(F)(F)C(F)(F)F)c(-c2n[nH]cc2C(F)(F)F)c1-c1ccsn1. The maximum absolute atomic E-state index is 14.3. The Kier molecular flexibility index (Phi) is 5.08. The third kappa shape index (κ3) is 3.51. The highest BCUT2D eigenvalue weighted by atomic mass is 32.1. The number of rotatable bonds is 4. The minimum atomic E-state index is -6.15. The predicted molar refractivity (Wildman–Crippen MR) is 88.6 cm³/mol. The molecule has 1 aromatic carbocycles. The molecule has 0 bridgehead atoms. The van der Waals surface area contributed by atoms with Crippen molar-refractivity contribution in [3.63, 3.8) is 0 Å². The summed E-state index contributed by atoms with van der Waals surface area (Å²) in [5.41, 5.74) is -2.41. The smallest absolute Gasteiger partial charge is 0.366 e. The number of halogens is 8. The summed E-state index contributed by atoms with van der Waals surface area (Å²) in [5, 5.41) is 6.36. The number of aromatic amines is 1. The van der Waals surface area contributed by atoms with Crippen molar-refractivity contribution in [3.8, 4) is 22.5 Å². The zero-order chi connectivity index (χ0) is 22.5. The van der Waals surface area contributed by atoms with Crippen LogP contribution in [0, 0.1) is 0 Å². The van der Waals surface area contributed by atoms with E-state index >= 15 is 0 Å². The van der Waals surface area contributed by atoms with Gasteiger partial charge in [-0.1, -0.05) is 6.07 Å². The van der Waals surface area contributed by atoms with Gasteiger partial charge in [-0.15, -0.1) is 0 Å². The first-order chi connectivity index (χ1) is 13.8. The summed E-state index contributed by atoms with van der Waals surface area (Å²) in [6, 6.07) is 1.91. The van der Waals surface area contributed by atoms with E-state index < -0.39 is 57.7 Å². The lowest BCUT2D eigenvalue weighted by Crippen LogP contribution is -2.34. The van der Waals surface area contributed by atoms with Crippen LogP contribution in [0.15, 0.2) is 29.8 Å². The Bertz CT molecular complexity index is 1090. The van der Waals surface area contributed by atoms with Crippen LogP contribution in [0.25, 0.3) is 22.5 Å². The zero-order valence-corrected chi connectivity index (χ0v) is 15.0. The number of nitrogens with one attached hydrogen (secondary N) is 1. The van der Waals surface area contributed by atoms with Crippen molar-refractivity contribution in [3.05, 3.63) is 46.5 Å². The van der Waals surface area contributed by atoms with Gasteiger partial charge in [-0.2, -0.15) is 44.6 Å². The third-order valence-electron chi connectivity index (χ3n) is 4.04. The molecule has 0 aliphatic rings. The minimum absolute atomic E-state index is 0.202. The minimum Gasteiger partial charge on any atom is -0.366 e. The number of nitrogens with zero attached hydrogens (tertiary/aromatic N) is 2. The molecule has 30 heavy (non-hydrogen) atoms. The van der Waals surface area contributed by atoms with Crippen LogP contribution in [-0.4, -0.2) is 26.7 Å². The van der Waals surface area contributed by atoms with Crippen molar-refractivity contribution in [2.45, 2.75) is 18.3 Å². The van der Waals surface area contributed by atoms with Crippen LogP contribution in [0.1, 0.15) is 21.5 Å². The highest BCUT2D eigenvalue weighted by molar-refractivity contribution is 7.03. The van der Waals surface area contributed by atoms with Gasteiger partial charge < -0.3 is 5.73 Å². The molecule has 0 fully saturated rings. The number of benzene rings is 1. The highest BCUT2D eigenvalue weighted by Crippen LogP contribution is 2.51. The molecule has 1 amide bonds. The summed E-state index contributed by atoms with van der Waals surface area (Å²) in [6.07, 6.45) is -11.0. The molecule has 3 aromatic rings. The van der Waals surface area contributed by atoms with Crippen molar-refractivity contribution >= 4 is 17.4 Å². The fraction of sp³-hybridized carbons (Fsp3) is 0.188. The fourth-order valence-electron chi connectivity index (χ4n) is 2.77. The van der Waals surface area contributed by atoms with Gasteiger partial charge in [-0.25, -0.2) is 0 Å². The first-order valence-electron chi connectivity index (χ1n) is 7.70. The lowest BCUT2D eigenvalue weighted by Gasteiger charge is -2.25. The van der Waals surface area contributed by atoms with Crippen molar-refractivity contribution in [1.29, 1.82) is 0 Å². The number of hydrogen-bond donors (Lipinski definition) is 2. The molecule has 0 unspecified atom stereocenters. The monoisotopic (exact) mass is 456 g/mol. The topological polar surface area (TPSA) is 84.7 Å². The molecular weight excluding hydrogens is 448 g/mol. The van der Waals surface area contributed by atoms with E-state index in [4.69, 9.17) is 5.73 Å². The van der Waals surface area contributed by atoms with E-state index in [0.29, 0.717) is 12.3 Å². The number of carbonyl (C=O) groups is 1. The van der Waals surface area contributed by atoms with Gasteiger partial charge in [0, 0.05) is 33.8 Å². The molecule has 160 valence electrons. The van der Waals surface area contributed by atoms with E-state index in [1.54, 1.807) is 0 Å². The molecular formula is C16H8F8N4OS. The van der Waals surface area contributed by atoms with Crippen molar-refractivity contribution in [2.24, 2.45) is 5.73 Å². The van der Waals surface area contributed by atoms with Crippen LogP contribution in [-0.2, 0) is 12.1 Å². The highest BCUT2D eigenvalue weighted by Gasteiger charge is 2.60. The molecule has 0 aliphatic heterocycles. The van der Waals surface area contributed by atoms with E-state index in [1.165, 1.54) is 5.38 Å². The summed E-state index contributed by atoms with van der Waals surface area (Å²) >= 11 is 0.727. The quantitative estimate of drug-likeness (QED) is 0.544. The number of primary amides is 1. The number of hydrogen-bond acceptors (Lipinski definition) is 4. The van der Waals surface area contributed by atoms with Crippen LogP contribution >= 0.6 is 11.5 Å². The molecule has 0 saturated heterocycles. The lowest BCUT2D eigenvalue weighted by molar-refractivity contribution is -0.289. The summed E-state index contributed by atoms with van der Waals surface area (Å²) in [4.78, 5) is 11.8. The first-order valence-corrected chi connectivity index (χ1v) is 8.54. The number of carbonyl (C=O) groups excluding carboxylic acids is 1. The summed E-state index contributed by atoms with van der Waals surface area (Å²) in [7, 11) is 0. The number of amides is 1. The molecule has 0 aliphatic carbocycles. The predicted octanol–water partition coefficient (Wildman–Crippen LogP) is 4.97. The maximum Gasteiger partial charge on any atom is 0.458 e. The van der Waals surface area contributed by atoms with E-state index in [1.807, 2.05) is 5.10 Å². The Balaban J connectivity index is 2.53. The normalized spacial score (nSPS) is 12.9. The number of H-pyrrole nitrogens is 1. The Morgan fingerprint density at radius 2 is 1.63 bits per heavy atom. The van der Waals surface area contributed by atoms with Crippen molar-refractivity contribution in [2.75, 3.05) is 0 Å². The summed E-state index contributed by atoms with van der Waals surface area (Å²) in [6.45, 7) is 0. The van der Waals surface area contributed by atoms with Crippen LogP contribution in [0.3, 0.4) is 0 Å². The van der Waals surface area contributed by atoms with Gasteiger partial charge in [0.1, 0.15) is 11.3 Å². The second-order valence-corrected chi connectivity index (χ2v) is 6.54. The van der Waals surface area contributed by atoms with Gasteiger partial charge in [-0.3, -0.25) is 9.89 Å². The standard InChI is InChI=1S/C16H8F8N4OS/c17-14(18,16(22,23)24)7-2-1-6(13(25)29)10(9-3-4-30-28-9)11(7)12-8(5-26-27-12)15(19,20)21/h1-5H,(H2,25,29)(H,26,27). The molecule has 3 rings (SSSR count). The number of aromatic nitrogens is 3. The van der Waals surface area contributed by atoms with Crippen LogP contribution in [0.2, 0.25) is 0 Å². The van der Waals surface area contributed by atoms with Gasteiger partial charge in [0.05, 0.1) is 5.69 Å². The molecule has 0 saturated carbocycles.